The molecule has 5 rings (SSSR count). The predicted molar refractivity (Wildman–Crippen MR) is 117 cm³/mol. The van der Waals surface area contributed by atoms with Crippen molar-refractivity contribution in [3.63, 3.8) is 0 Å². The van der Waals surface area contributed by atoms with Gasteiger partial charge in [0.2, 0.25) is 0 Å². The van der Waals surface area contributed by atoms with Crippen molar-refractivity contribution in [1.29, 1.82) is 0 Å². The minimum absolute atomic E-state index is 0.0343. The number of carbonyl (C=O) groups excluding carboxylic acids is 1. The summed E-state index contributed by atoms with van der Waals surface area (Å²) in [7, 11) is 0. The largest absolute Gasteiger partial charge is 0.339 e. The smallest absolute Gasteiger partial charge is 0.254 e. The molecule has 1 amide bonds. The number of rotatable bonds is 4. The second kappa shape index (κ2) is 8.30. The molecule has 5 nitrogen and oxygen atoms in total. The number of pyridine rings is 1. The summed E-state index contributed by atoms with van der Waals surface area (Å²) in [5.41, 5.74) is 3.35. The third-order valence-electron chi connectivity index (χ3n) is 6.03. The van der Waals surface area contributed by atoms with Gasteiger partial charge >= 0.3 is 0 Å². The van der Waals surface area contributed by atoms with Gasteiger partial charge in [-0.05, 0) is 67.1 Å². The van der Waals surface area contributed by atoms with Crippen molar-refractivity contribution in [2.75, 3.05) is 13.1 Å². The molecule has 0 N–H and O–H groups in total. The van der Waals surface area contributed by atoms with Crippen LogP contribution >= 0.6 is 0 Å². The van der Waals surface area contributed by atoms with E-state index in [9.17, 15) is 9.18 Å². The molecule has 156 valence electrons. The zero-order valence-electron chi connectivity index (χ0n) is 17.1. The van der Waals surface area contributed by atoms with Crippen LogP contribution in [0.25, 0.3) is 17.0 Å². The number of aromatic nitrogens is 3. The van der Waals surface area contributed by atoms with Gasteiger partial charge in [-0.2, -0.15) is 0 Å². The van der Waals surface area contributed by atoms with Crippen LogP contribution in [-0.2, 0) is 6.42 Å². The highest BCUT2D eigenvalue weighted by molar-refractivity contribution is 5.95. The molecule has 6 heteroatoms. The summed E-state index contributed by atoms with van der Waals surface area (Å²) in [6.45, 7) is 1.55. The van der Waals surface area contributed by atoms with Gasteiger partial charge in [0.25, 0.3) is 5.91 Å². The lowest BCUT2D eigenvalue weighted by Crippen LogP contribution is -2.38. The fourth-order valence-electron chi connectivity index (χ4n) is 4.29. The Kier molecular flexibility index (Phi) is 5.20. The van der Waals surface area contributed by atoms with Gasteiger partial charge in [0.15, 0.2) is 11.5 Å². The Morgan fingerprint density at radius 3 is 2.45 bits per heavy atom. The van der Waals surface area contributed by atoms with Crippen molar-refractivity contribution in [2.45, 2.75) is 19.3 Å². The molecule has 0 spiro atoms. The van der Waals surface area contributed by atoms with Crippen molar-refractivity contribution in [3.8, 4) is 11.4 Å². The quantitative estimate of drug-likeness (QED) is 0.489. The molecule has 0 aliphatic carbocycles. The van der Waals surface area contributed by atoms with E-state index in [1.165, 1.54) is 17.7 Å². The second-order valence-corrected chi connectivity index (χ2v) is 8.10. The summed E-state index contributed by atoms with van der Waals surface area (Å²) < 4.78 is 15.0. The highest BCUT2D eigenvalue weighted by Gasteiger charge is 2.24. The summed E-state index contributed by atoms with van der Waals surface area (Å²) in [5, 5.41) is 8.44. The Labute approximate surface area is 180 Å². The standard InChI is InChI=1S/C25H23FN4O/c26-22-8-6-20(7-9-22)24-28-27-23-17-21(12-15-30(23)24)25(31)29-13-10-19(11-14-29)16-18-4-2-1-3-5-18/h1-9,12,15,17,19H,10-11,13-14,16H2. The monoisotopic (exact) mass is 414 g/mol. The van der Waals surface area contributed by atoms with E-state index >= 15 is 0 Å². The topological polar surface area (TPSA) is 50.5 Å². The summed E-state index contributed by atoms with van der Waals surface area (Å²) >= 11 is 0. The first-order chi connectivity index (χ1) is 15.2. The lowest BCUT2D eigenvalue weighted by atomic mass is 9.90. The van der Waals surface area contributed by atoms with Crippen molar-refractivity contribution in [2.24, 2.45) is 5.92 Å². The minimum Gasteiger partial charge on any atom is -0.339 e. The predicted octanol–water partition coefficient (Wildman–Crippen LogP) is 4.63. The van der Waals surface area contributed by atoms with Crippen LogP contribution in [0.5, 0.6) is 0 Å². The Hall–Kier alpha value is -3.54. The van der Waals surface area contributed by atoms with Gasteiger partial charge in [-0.25, -0.2) is 4.39 Å². The summed E-state index contributed by atoms with van der Waals surface area (Å²) in [4.78, 5) is 15.0. The van der Waals surface area contributed by atoms with Crippen LogP contribution in [0, 0.1) is 11.7 Å². The maximum Gasteiger partial charge on any atom is 0.254 e. The van der Waals surface area contributed by atoms with Crippen molar-refractivity contribution in [3.05, 3.63) is 89.9 Å². The Morgan fingerprint density at radius 2 is 1.71 bits per heavy atom. The van der Waals surface area contributed by atoms with Gasteiger partial charge in [0.1, 0.15) is 5.82 Å². The fraction of sp³-hybridized carbons (Fsp3) is 0.240. The van der Waals surface area contributed by atoms with Gasteiger partial charge in [0.05, 0.1) is 0 Å². The number of benzene rings is 2. The first-order valence-electron chi connectivity index (χ1n) is 10.6. The number of piperidine rings is 1. The number of amides is 1. The van der Waals surface area contributed by atoms with Crippen LogP contribution in [0.2, 0.25) is 0 Å². The number of nitrogens with zero attached hydrogens (tertiary/aromatic N) is 4. The molecule has 0 radical (unpaired) electrons. The molecule has 0 bridgehead atoms. The minimum atomic E-state index is -0.294. The Bertz CT molecular complexity index is 1200. The summed E-state index contributed by atoms with van der Waals surface area (Å²) in [6, 6.07) is 20.3. The molecular formula is C25H23FN4O. The lowest BCUT2D eigenvalue weighted by molar-refractivity contribution is 0.0690. The zero-order chi connectivity index (χ0) is 21.2. The number of hydrogen-bond donors (Lipinski definition) is 0. The van der Waals surface area contributed by atoms with Gasteiger partial charge in [-0.3, -0.25) is 9.20 Å². The maximum absolute atomic E-state index is 13.2. The molecule has 1 aliphatic rings. The third kappa shape index (κ3) is 4.06. The molecule has 0 unspecified atom stereocenters. The molecule has 31 heavy (non-hydrogen) atoms. The molecule has 3 heterocycles. The summed E-state index contributed by atoms with van der Waals surface area (Å²) in [5.74, 6) is 0.976. The van der Waals surface area contributed by atoms with Gasteiger partial charge in [-0.1, -0.05) is 30.3 Å². The molecule has 1 fully saturated rings. The average molecular weight is 414 g/mol. The van der Waals surface area contributed by atoms with Gasteiger partial charge in [0, 0.05) is 30.4 Å². The van der Waals surface area contributed by atoms with E-state index in [1.54, 1.807) is 18.2 Å². The van der Waals surface area contributed by atoms with Crippen molar-refractivity contribution in [1.82, 2.24) is 19.5 Å². The Balaban J connectivity index is 1.28. The van der Waals surface area contributed by atoms with Crippen LogP contribution in [0.3, 0.4) is 0 Å². The van der Waals surface area contributed by atoms with Crippen LogP contribution < -0.4 is 0 Å². The third-order valence-corrected chi connectivity index (χ3v) is 6.03. The molecule has 1 saturated heterocycles. The summed E-state index contributed by atoms with van der Waals surface area (Å²) in [6.07, 6.45) is 4.91. The highest BCUT2D eigenvalue weighted by Crippen LogP contribution is 2.24. The van der Waals surface area contributed by atoms with E-state index in [0.717, 1.165) is 37.9 Å². The van der Waals surface area contributed by atoms with Crippen LogP contribution in [-0.4, -0.2) is 38.5 Å². The van der Waals surface area contributed by atoms with E-state index in [1.807, 2.05) is 27.6 Å². The number of halogens is 1. The number of carbonyl (C=O) groups is 1. The van der Waals surface area contributed by atoms with Crippen molar-refractivity contribution < 1.29 is 9.18 Å². The van der Waals surface area contributed by atoms with Crippen LogP contribution in [0.1, 0.15) is 28.8 Å². The molecule has 2 aromatic carbocycles. The van der Waals surface area contributed by atoms with Crippen LogP contribution in [0.4, 0.5) is 4.39 Å². The Morgan fingerprint density at radius 1 is 0.968 bits per heavy atom. The van der Waals surface area contributed by atoms with E-state index in [2.05, 4.69) is 34.5 Å². The normalized spacial score (nSPS) is 14.8. The molecular weight excluding hydrogens is 391 g/mol. The van der Waals surface area contributed by atoms with Crippen LogP contribution in [0.15, 0.2) is 72.9 Å². The molecule has 1 aliphatic heterocycles. The molecule has 0 atom stereocenters. The molecule has 4 aromatic rings. The lowest BCUT2D eigenvalue weighted by Gasteiger charge is -2.32. The van der Waals surface area contributed by atoms with E-state index < -0.39 is 0 Å². The first-order valence-corrected chi connectivity index (χ1v) is 10.6. The maximum atomic E-state index is 13.2. The zero-order valence-corrected chi connectivity index (χ0v) is 17.1. The molecule has 0 saturated carbocycles. The van der Waals surface area contributed by atoms with Gasteiger partial charge < -0.3 is 4.90 Å². The number of fused-ring (bicyclic) bond motifs is 1. The van der Waals surface area contributed by atoms with E-state index in [4.69, 9.17) is 0 Å². The SMILES string of the molecule is O=C(c1ccn2c(-c3ccc(F)cc3)nnc2c1)N1CCC(Cc2ccccc2)CC1. The first kappa shape index (κ1) is 19.4. The van der Waals surface area contributed by atoms with E-state index in [0.29, 0.717) is 23.0 Å². The highest BCUT2D eigenvalue weighted by atomic mass is 19.1. The number of likely N-dealkylation sites (tertiary alicyclic amines) is 1. The average Bonchev–Trinajstić information content (AvgIpc) is 3.24. The second-order valence-electron chi connectivity index (χ2n) is 8.10. The molecule has 2 aromatic heterocycles. The number of hydrogen-bond acceptors (Lipinski definition) is 3. The fourth-order valence-corrected chi connectivity index (χ4v) is 4.29. The van der Waals surface area contributed by atoms with Gasteiger partial charge in [-0.15, -0.1) is 10.2 Å². The van der Waals surface area contributed by atoms with E-state index in [-0.39, 0.29) is 11.7 Å². The van der Waals surface area contributed by atoms with Crippen molar-refractivity contribution >= 4 is 11.6 Å².